The highest BCUT2D eigenvalue weighted by molar-refractivity contribution is 5.54. The Kier molecular flexibility index (Phi) is 6.62. The van der Waals surface area contributed by atoms with Gasteiger partial charge in [-0.15, -0.1) is 0 Å². The molecule has 120 valence electrons. The van der Waals surface area contributed by atoms with Crippen molar-refractivity contribution in [1.82, 2.24) is 5.32 Å². The molecule has 3 nitrogen and oxygen atoms in total. The second-order valence-corrected chi connectivity index (χ2v) is 6.69. The number of rotatable bonds is 7. The molecule has 1 rings (SSSR count). The predicted octanol–water partition coefficient (Wildman–Crippen LogP) is 3.58. The van der Waals surface area contributed by atoms with Crippen LogP contribution >= 0.6 is 0 Å². The molecule has 0 saturated carbocycles. The van der Waals surface area contributed by atoms with Crippen molar-refractivity contribution in [1.29, 1.82) is 0 Å². The highest BCUT2D eigenvalue weighted by atomic mass is 19.1. The Balaban J connectivity index is 2.79. The minimum atomic E-state index is -0.185. The zero-order valence-electron chi connectivity index (χ0n) is 14.2. The molecule has 0 aliphatic rings. The van der Waals surface area contributed by atoms with Gasteiger partial charge in [0.1, 0.15) is 5.82 Å². The first-order chi connectivity index (χ1) is 9.70. The van der Waals surface area contributed by atoms with E-state index in [1.54, 1.807) is 6.07 Å². The number of hydrogen-bond acceptors (Lipinski definition) is 3. The summed E-state index contributed by atoms with van der Waals surface area (Å²) in [7, 11) is 1.91. The highest BCUT2D eigenvalue weighted by Crippen LogP contribution is 2.24. The molecular formula is C17H29FN2O. The van der Waals surface area contributed by atoms with Crippen LogP contribution in [0.4, 0.5) is 10.1 Å². The molecule has 21 heavy (non-hydrogen) atoms. The van der Waals surface area contributed by atoms with Gasteiger partial charge in [0.15, 0.2) is 0 Å². The average molecular weight is 296 g/mol. The van der Waals surface area contributed by atoms with Gasteiger partial charge in [-0.1, -0.05) is 12.1 Å². The minimum absolute atomic E-state index is 0.00289. The fraction of sp³-hybridized carbons (Fsp3) is 0.647. The summed E-state index contributed by atoms with van der Waals surface area (Å²) in [4.78, 5) is 1.93. The zero-order valence-corrected chi connectivity index (χ0v) is 14.2. The molecule has 0 aromatic heterocycles. The van der Waals surface area contributed by atoms with E-state index in [4.69, 9.17) is 4.74 Å². The Morgan fingerprint density at radius 1 is 1.29 bits per heavy atom. The molecule has 0 heterocycles. The number of ether oxygens (including phenoxy) is 1. The van der Waals surface area contributed by atoms with E-state index in [0.29, 0.717) is 25.4 Å². The van der Waals surface area contributed by atoms with Gasteiger partial charge >= 0.3 is 0 Å². The summed E-state index contributed by atoms with van der Waals surface area (Å²) in [5.41, 5.74) is 1.63. The molecule has 1 N–H and O–H groups in total. The van der Waals surface area contributed by atoms with Gasteiger partial charge in [-0.25, -0.2) is 4.39 Å². The maximum atomic E-state index is 14.2. The molecule has 4 heteroatoms. The van der Waals surface area contributed by atoms with Gasteiger partial charge in [0, 0.05) is 25.7 Å². The lowest BCUT2D eigenvalue weighted by Crippen LogP contribution is -2.36. The first kappa shape index (κ1) is 17.9. The Morgan fingerprint density at radius 2 is 1.95 bits per heavy atom. The van der Waals surface area contributed by atoms with Crippen molar-refractivity contribution in [2.45, 2.75) is 52.8 Å². The fourth-order valence-electron chi connectivity index (χ4n) is 2.03. The van der Waals surface area contributed by atoms with Crippen molar-refractivity contribution in [2.75, 3.05) is 25.1 Å². The molecule has 0 fully saturated rings. The summed E-state index contributed by atoms with van der Waals surface area (Å²) in [5, 5.41) is 3.41. The van der Waals surface area contributed by atoms with Gasteiger partial charge < -0.3 is 15.0 Å². The van der Waals surface area contributed by atoms with Gasteiger partial charge in [0.25, 0.3) is 0 Å². The normalized spacial score (nSPS) is 12.0. The standard InChI is InChI=1S/C17H29FN2O/c1-13(2)21-11-10-20(6)16-14(8-7-9-15(16)18)12-19-17(3,4)5/h7-9,13,19H,10-12H2,1-6H3. The molecule has 0 aliphatic carbocycles. The van der Waals surface area contributed by atoms with Crippen LogP contribution in [0.25, 0.3) is 0 Å². The van der Waals surface area contributed by atoms with Crippen LogP contribution in [0.3, 0.4) is 0 Å². The van der Waals surface area contributed by atoms with Crippen LogP contribution in [0, 0.1) is 5.82 Å². The summed E-state index contributed by atoms with van der Waals surface area (Å²) >= 11 is 0. The molecule has 1 aromatic rings. The van der Waals surface area contributed by atoms with Gasteiger partial charge in [0.2, 0.25) is 0 Å². The van der Waals surface area contributed by atoms with Crippen molar-refractivity contribution in [3.8, 4) is 0 Å². The van der Waals surface area contributed by atoms with E-state index in [2.05, 4.69) is 26.1 Å². The number of nitrogens with one attached hydrogen (secondary N) is 1. The quantitative estimate of drug-likeness (QED) is 0.832. The SMILES string of the molecule is CC(C)OCCN(C)c1c(F)cccc1CNC(C)(C)C. The summed E-state index contributed by atoms with van der Waals surface area (Å²) < 4.78 is 19.7. The molecule has 0 bridgehead atoms. The van der Waals surface area contributed by atoms with E-state index < -0.39 is 0 Å². The molecule has 0 radical (unpaired) electrons. The van der Waals surface area contributed by atoms with Gasteiger partial charge in [0.05, 0.1) is 18.4 Å². The lowest BCUT2D eigenvalue weighted by molar-refractivity contribution is 0.0845. The zero-order chi connectivity index (χ0) is 16.0. The number of benzene rings is 1. The van der Waals surface area contributed by atoms with Crippen LogP contribution in [0.5, 0.6) is 0 Å². The third kappa shape index (κ3) is 6.44. The van der Waals surface area contributed by atoms with Gasteiger partial charge in [-0.2, -0.15) is 0 Å². The number of para-hydroxylation sites is 1. The molecular weight excluding hydrogens is 267 g/mol. The summed E-state index contributed by atoms with van der Waals surface area (Å²) in [6.07, 6.45) is 0.195. The van der Waals surface area contributed by atoms with Crippen LogP contribution in [-0.2, 0) is 11.3 Å². The summed E-state index contributed by atoms with van der Waals surface area (Å²) in [6.45, 7) is 12.2. The second kappa shape index (κ2) is 7.76. The molecule has 0 spiro atoms. The smallest absolute Gasteiger partial charge is 0.146 e. The number of nitrogens with zero attached hydrogens (tertiary/aromatic N) is 1. The fourth-order valence-corrected chi connectivity index (χ4v) is 2.03. The van der Waals surface area contributed by atoms with Crippen LogP contribution < -0.4 is 10.2 Å². The monoisotopic (exact) mass is 296 g/mol. The first-order valence-electron chi connectivity index (χ1n) is 7.56. The maximum Gasteiger partial charge on any atom is 0.146 e. The number of anilines is 1. The van der Waals surface area contributed by atoms with E-state index in [9.17, 15) is 4.39 Å². The van der Waals surface area contributed by atoms with E-state index >= 15 is 0 Å². The lowest BCUT2D eigenvalue weighted by Gasteiger charge is -2.26. The topological polar surface area (TPSA) is 24.5 Å². The molecule has 0 unspecified atom stereocenters. The van der Waals surface area contributed by atoms with Crippen molar-refractivity contribution >= 4 is 5.69 Å². The highest BCUT2D eigenvalue weighted by Gasteiger charge is 2.15. The molecule has 1 aromatic carbocycles. The van der Waals surface area contributed by atoms with E-state index in [-0.39, 0.29) is 17.5 Å². The number of hydrogen-bond donors (Lipinski definition) is 1. The largest absolute Gasteiger partial charge is 0.377 e. The minimum Gasteiger partial charge on any atom is -0.377 e. The van der Waals surface area contributed by atoms with Gasteiger partial charge in [-0.05, 0) is 46.2 Å². The van der Waals surface area contributed by atoms with E-state index in [1.165, 1.54) is 6.07 Å². The first-order valence-corrected chi connectivity index (χ1v) is 7.56. The van der Waals surface area contributed by atoms with E-state index in [0.717, 1.165) is 5.56 Å². The summed E-state index contributed by atoms with van der Waals surface area (Å²) in [6, 6.07) is 5.24. The van der Waals surface area contributed by atoms with Gasteiger partial charge in [-0.3, -0.25) is 0 Å². The molecule has 0 saturated heterocycles. The predicted molar refractivity (Wildman–Crippen MR) is 87.4 cm³/mol. The van der Waals surface area contributed by atoms with Crippen LogP contribution in [0.2, 0.25) is 0 Å². The Labute approximate surface area is 128 Å². The Morgan fingerprint density at radius 3 is 2.52 bits per heavy atom. The third-order valence-corrected chi connectivity index (χ3v) is 3.14. The van der Waals surface area contributed by atoms with Crippen LogP contribution in [0.15, 0.2) is 18.2 Å². The number of halogens is 1. The average Bonchev–Trinajstić information content (AvgIpc) is 2.34. The molecule has 0 aliphatic heterocycles. The van der Waals surface area contributed by atoms with Crippen molar-refractivity contribution < 1.29 is 9.13 Å². The third-order valence-electron chi connectivity index (χ3n) is 3.14. The number of likely N-dealkylation sites (N-methyl/N-ethyl adjacent to an activating group) is 1. The van der Waals surface area contributed by atoms with Crippen LogP contribution in [0.1, 0.15) is 40.2 Å². The summed E-state index contributed by atoms with van der Waals surface area (Å²) in [5.74, 6) is -0.185. The van der Waals surface area contributed by atoms with Crippen molar-refractivity contribution in [2.24, 2.45) is 0 Å². The Hall–Kier alpha value is -1.13. The second-order valence-electron chi connectivity index (χ2n) is 6.69. The molecule has 0 amide bonds. The van der Waals surface area contributed by atoms with Crippen LogP contribution in [-0.4, -0.2) is 31.8 Å². The molecule has 0 atom stereocenters. The maximum absolute atomic E-state index is 14.2. The van der Waals surface area contributed by atoms with Crippen molar-refractivity contribution in [3.63, 3.8) is 0 Å². The van der Waals surface area contributed by atoms with E-state index in [1.807, 2.05) is 31.9 Å². The lowest BCUT2D eigenvalue weighted by atomic mass is 10.1. The van der Waals surface area contributed by atoms with Crippen molar-refractivity contribution in [3.05, 3.63) is 29.6 Å². The Bertz CT molecular complexity index is 441.